The van der Waals surface area contributed by atoms with E-state index >= 15 is 0 Å². The number of hydrogen-bond acceptors (Lipinski definition) is 9. The first-order valence-corrected chi connectivity index (χ1v) is 11.2. The topological polar surface area (TPSA) is 135 Å². The molecule has 36 heavy (non-hydrogen) atoms. The van der Waals surface area contributed by atoms with Crippen molar-refractivity contribution in [2.75, 3.05) is 12.4 Å². The number of hydrogen-bond donors (Lipinski definition) is 2. The summed E-state index contributed by atoms with van der Waals surface area (Å²) in [5, 5.41) is 31.6. The number of amides is 1. The Kier molecular flexibility index (Phi) is 13.2. The summed E-state index contributed by atoms with van der Waals surface area (Å²) in [7, 11) is 1.57. The Bertz CT molecular complexity index is 1230. The Morgan fingerprint density at radius 1 is 1.11 bits per heavy atom. The minimum atomic E-state index is -1.24. The average molecular weight is 558 g/mol. The molecule has 1 aromatic heterocycles. The van der Waals surface area contributed by atoms with Crippen molar-refractivity contribution in [1.29, 1.82) is 0 Å². The fourth-order valence-corrected chi connectivity index (χ4v) is 4.35. The van der Waals surface area contributed by atoms with Gasteiger partial charge in [-0.2, -0.15) is 0 Å². The number of ether oxygens (including phenoxy) is 2. The van der Waals surface area contributed by atoms with Crippen LogP contribution in [0.1, 0.15) is 32.6 Å². The number of fused-ring (bicyclic) bond motifs is 1. The van der Waals surface area contributed by atoms with Crippen LogP contribution in [0.2, 0.25) is 0 Å². The number of aliphatic imine (C=N–C) groups is 1. The van der Waals surface area contributed by atoms with Gasteiger partial charge in [0, 0.05) is 12.1 Å². The molecule has 0 saturated heterocycles. The smallest absolute Gasteiger partial charge is 0.858 e. The molecule has 0 spiro atoms. The summed E-state index contributed by atoms with van der Waals surface area (Å²) in [6.45, 7) is 0.688. The van der Waals surface area contributed by atoms with E-state index in [0.717, 1.165) is 11.1 Å². The maximum atomic E-state index is 12.7. The largest absolute Gasteiger partial charge is 1.00 e. The third-order valence-electron chi connectivity index (χ3n) is 5.16. The standard InChI is InChI=1S/C24H23N3O6S.2K/c1-32-18-4-2-3-15(9-18)10-25-22(29)20-26-21(28)19-17(13-34-23(19)27-20)12-33-11-14-5-7-16(8-6-14)24(30)31;;/h2-9,13,20,27H,10-12H2,1H3,(H,25,29)(H,26,28)(H,30,31);;/q;2*+1/p-2. The molecule has 0 bridgehead atoms. The summed E-state index contributed by atoms with van der Waals surface area (Å²) in [6.07, 6.45) is -1.01. The fourth-order valence-electron chi connectivity index (χ4n) is 3.39. The number of carboxylic acids is 1. The zero-order valence-electron chi connectivity index (χ0n) is 20.2. The van der Waals surface area contributed by atoms with E-state index in [1.807, 2.05) is 24.3 Å². The first-order chi connectivity index (χ1) is 16.4. The molecule has 3 aromatic rings. The van der Waals surface area contributed by atoms with Gasteiger partial charge in [0.2, 0.25) is 0 Å². The molecular weight excluding hydrogens is 537 g/mol. The minimum Gasteiger partial charge on any atom is -0.858 e. The number of thiophene rings is 1. The minimum absolute atomic E-state index is 0. The van der Waals surface area contributed by atoms with Gasteiger partial charge in [-0.05, 0) is 45.7 Å². The van der Waals surface area contributed by atoms with Crippen molar-refractivity contribution in [1.82, 2.24) is 5.32 Å². The second-order valence-corrected chi connectivity index (χ2v) is 8.37. The number of nitrogens with one attached hydrogen (secondary N) is 2. The molecule has 0 aliphatic carbocycles. The van der Waals surface area contributed by atoms with E-state index in [-0.39, 0.29) is 128 Å². The van der Waals surface area contributed by atoms with Crippen LogP contribution in [0.25, 0.3) is 0 Å². The molecule has 1 aliphatic rings. The van der Waals surface area contributed by atoms with Gasteiger partial charge in [0.15, 0.2) is 6.17 Å². The zero-order valence-corrected chi connectivity index (χ0v) is 27.3. The van der Waals surface area contributed by atoms with Gasteiger partial charge < -0.3 is 35.1 Å². The quantitative estimate of drug-likeness (QED) is 0.252. The van der Waals surface area contributed by atoms with Crippen LogP contribution >= 0.6 is 11.3 Å². The van der Waals surface area contributed by atoms with Crippen molar-refractivity contribution in [2.24, 2.45) is 4.99 Å². The van der Waals surface area contributed by atoms with E-state index in [9.17, 15) is 19.8 Å². The number of aromatic carboxylic acids is 1. The van der Waals surface area contributed by atoms with E-state index in [1.165, 1.54) is 23.5 Å². The van der Waals surface area contributed by atoms with Gasteiger partial charge >= 0.3 is 103 Å². The van der Waals surface area contributed by atoms with Gasteiger partial charge in [-0.15, -0.1) is 11.3 Å². The maximum absolute atomic E-state index is 12.7. The van der Waals surface area contributed by atoms with Gasteiger partial charge in [0.05, 0.1) is 31.3 Å². The van der Waals surface area contributed by atoms with E-state index in [2.05, 4.69) is 15.6 Å². The van der Waals surface area contributed by atoms with Crippen LogP contribution in [0.15, 0.2) is 58.9 Å². The predicted molar refractivity (Wildman–Crippen MR) is 122 cm³/mol. The Labute approximate surface area is 297 Å². The van der Waals surface area contributed by atoms with Crippen LogP contribution in [0, 0.1) is 0 Å². The first kappa shape index (κ1) is 31.6. The summed E-state index contributed by atoms with van der Waals surface area (Å²) in [5.41, 5.74) is 2.81. The Hall–Kier alpha value is -0.617. The van der Waals surface area contributed by atoms with Crippen LogP contribution in [0.3, 0.4) is 0 Å². The molecular formula is C24H21K2N3O6S. The Morgan fingerprint density at radius 2 is 1.86 bits per heavy atom. The summed E-state index contributed by atoms with van der Waals surface area (Å²) in [5.74, 6) is -1.43. The van der Waals surface area contributed by atoms with Crippen molar-refractivity contribution >= 4 is 34.1 Å². The molecule has 1 unspecified atom stereocenters. The molecule has 9 nitrogen and oxygen atoms in total. The van der Waals surface area contributed by atoms with E-state index < -0.39 is 23.9 Å². The summed E-state index contributed by atoms with van der Waals surface area (Å²) in [6, 6.07) is 13.5. The molecule has 2 aromatic carbocycles. The third-order valence-corrected chi connectivity index (χ3v) is 6.12. The fraction of sp³-hybridized carbons (Fsp3) is 0.208. The van der Waals surface area contributed by atoms with Crippen molar-refractivity contribution < 1.29 is 132 Å². The van der Waals surface area contributed by atoms with Crippen molar-refractivity contribution in [3.05, 3.63) is 81.7 Å². The number of rotatable bonds is 9. The number of carbonyl (C=O) groups is 2. The molecule has 2 heterocycles. The van der Waals surface area contributed by atoms with Gasteiger partial charge in [-0.3, -0.25) is 9.79 Å². The monoisotopic (exact) mass is 557 g/mol. The first-order valence-electron chi connectivity index (χ1n) is 10.4. The summed E-state index contributed by atoms with van der Waals surface area (Å²) < 4.78 is 10.9. The second-order valence-electron chi connectivity index (χ2n) is 7.49. The normalized spacial score (nSPS) is 13.7. The van der Waals surface area contributed by atoms with Crippen molar-refractivity contribution in [3.8, 4) is 5.75 Å². The molecule has 176 valence electrons. The molecule has 12 heteroatoms. The second kappa shape index (κ2) is 15.1. The SMILES string of the molecule is COc1cccc(CNC(=O)C2N=C([O-])c3c(COCc4ccc(C(=O)[O-])cc4)csc3N2)c1.[K+].[K+]. The molecule has 0 saturated carbocycles. The van der Waals surface area contributed by atoms with Crippen molar-refractivity contribution in [3.63, 3.8) is 0 Å². The average Bonchev–Trinajstić information content (AvgIpc) is 3.26. The van der Waals surface area contributed by atoms with Gasteiger partial charge in [0.25, 0.3) is 5.91 Å². The summed E-state index contributed by atoms with van der Waals surface area (Å²) >= 11 is 1.31. The van der Waals surface area contributed by atoms with Gasteiger partial charge in [0.1, 0.15) is 5.75 Å². The molecule has 1 aliphatic heterocycles. The van der Waals surface area contributed by atoms with Crippen LogP contribution < -0.4 is 128 Å². The number of anilines is 1. The number of carboxylic acid groups (broad SMARTS) is 1. The molecule has 0 radical (unpaired) electrons. The zero-order chi connectivity index (χ0) is 24.1. The van der Waals surface area contributed by atoms with Crippen LogP contribution in [0.5, 0.6) is 5.75 Å². The Morgan fingerprint density at radius 3 is 2.56 bits per heavy atom. The van der Waals surface area contributed by atoms with Crippen LogP contribution in [0.4, 0.5) is 5.00 Å². The Balaban J connectivity index is 0.00000228. The van der Waals surface area contributed by atoms with Crippen molar-refractivity contribution in [2.45, 2.75) is 25.9 Å². The molecule has 2 N–H and O–H groups in total. The van der Waals surface area contributed by atoms with E-state index in [4.69, 9.17) is 9.47 Å². The van der Waals surface area contributed by atoms with Gasteiger partial charge in [-0.1, -0.05) is 36.4 Å². The molecule has 4 rings (SSSR count). The van der Waals surface area contributed by atoms with Gasteiger partial charge in [-0.25, -0.2) is 0 Å². The number of carbonyl (C=O) groups excluding carboxylic acids is 2. The van der Waals surface area contributed by atoms with E-state index in [1.54, 1.807) is 24.6 Å². The predicted octanol–water partition coefficient (Wildman–Crippen LogP) is -4.98. The molecule has 1 atom stereocenters. The number of methoxy groups -OCH3 is 1. The molecule has 0 fully saturated rings. The van der Waals surface area contributed by atoms with Crippen LogP contribution in [-0.2, 0) is 29.3 Å². The number of nitrogens with zero attached hydrogens (tertiary/aromatic N) is 1. The molecule has 1 amide bonds. The summed E-state index contributed by atoms with van der Waals surface area (Å²) in [4.78, 5) is 27.4. The maximum Gasteiger partial charge on any atom is 1.00 e. The van der Waals surface area contributed by atoms with Crippen LogP contribution in [-0.4, -0.2) is 31.0 Å². The third kappa shape index (κ3) is 8.19. The number of benzene rings is 2. The van der Waals surface area contributed by atoms with E-state index in [0.29, 0.717) is 21.9 Å².